The Morgan fingerprint density at radius 3 is 2.31 bits per heavy atom. The molecule has 0 unspecified atom stereocenters. The summed E-state index contributed by atoms with van der Waals surface area (Å²) in [5, 5.41) is 0. The van der Waals surface area contributed by atoms with Crippen molar-refractivity contribution in [3.05, 3.63) is 0 Å². The van der Waals surface area contributed by atoms with Gasteiger partial charge in [0.05, 0.1) is 5.92 Å². The first kappa shape index (κ1) is 11.9. The molecule has 2 aliphatic rings. The lowest BCUT2D eigenvalue weighted by molar-refractivity contribution is -0.157. The van der Waals surface area contributed by atoms with Crippen molar-refractivity contribution in [2.75, 3.05) is 20.1 Å². The normalized spacial score (nSPS) is 25.6. The van der Waals surface area contributed by atoms with Crippen molar-refractivity contribution < 1.29 is 9.53 Å². The fraction of sp³-hybridized carbons (Fsp3) is 0.923. The standard InChI is InChI=1S/C13H23NO2/c1-14-9-7-12(8-10-14)16-13(15)11-5-3-2-4-6-11/h11-12H,2-10H2,1H3. The van der Waals surface area contributed by atoms with Crippen molar-refractivity contribution in [1.29, 1.82) is 0 Å². The molecule has 92 valence electrons. The smallest absolute Gasteiger partial charge is 0.309 e. The first-order valence-electron chi connectivity index (χ1n) is 6.65. The average Bonchev–Trinajstić information content (AvgIpc) is 2.33. The highest BCUT2D eigenvalue weighted by Gasteiger charge is 2.26. The van der Waals surface area contributed by atoms with Crippen LogP contribution in [0, 0.1) is 5.92 Å². The number of carbonyl (C=O) groups excluding carboxylic acids is 1. The summed E-state index contributed by atoms with van der Waals surface area (Å²) in [4.78, 5) is 14.2. The topological polar surface area (TPSA) is 29.5 Å². The summed E-state index contributed by atoms with van der Waals surface area (Å²) in [5.41, 5.74) is 0. The second-order valence-corrected chi connectivity index (χ2v) is 5.27. The zero-order chi connectivity index (χ0) is 11.4. The molecule has 0 amide bonds. The van der Waals surface area contributed by atoms with E-state index in [4.69, 9.17) is 4.74 Å². The Balaban J connectivity index is 1.73. The van der Waals surface area contributed by atoms with Crippen LogP contribution in [0.15, 0.2) is 0 Å². The second kappa shape index (κ2) is 5.67. The van der Waals surface area contributed by atoms with E-state index in [1.807, 2.05) is 0 Å². The minimum atomic E-state index is 0.0780. The zero-order valence-electron chi connectivity index (χ0n) is 10.3. The van der Waals surface area contributed by atoms with Gasteiger partial charge in [0, 0.05) is 13.1 Å². The molecule has 3 nitrogen and oxygen atoms in total. The van der Waals surface area contributed by atoms with Crippen LogP contribution >= 0.6 is 0 Å². The summed E-state index contributed by atoms with van der Waals surface area (Å²) >= 11 is 0. The lowest BCUT2D eigenvalue weighted by atomic mass is 9.89. The summed E-state index contributed by atoms with van der Waals surface area (Å²) in [6.07, 6.45) is 7.99. The number of rotatable bonds is 2. The highest BCUT2D eigenvalue weighted by molar-refractivity contribution is 5.72. The molecule has 1 heterocycles. The highest BCUT2D eigenvalue weighted by Crippen LogP contribution is 2.26. The zero-order valence-corrected chi connectivity index (χ0v) is 10.3. The van der Waals surface area contributed by atoms with Gasteiger partial charge in [-0.25, -0.2) is 0 Å². The van der Waals surface area contributed by atoms with Gasteiger partial charge in [0.1, 0.15) is 6.10 Å². The van der Waals surface area contributed by atoms with Gasteiger partial charge in [0.2, 0.25) is 0 Å². The highest BCUT2D eigenvalue weighted by atomic mass is 16.5. The summed E-state index contributed by atoms with van der Waals surface area (Å²) < 4.78 is 5.61. The van der Waals surface area contributed by atoms with E-state index >= 15 is 0 Å². The van der Waals surface area contributed by atoms with Gasteiger partial charge in [-0.2, -0.15) is 0 Å². The quantitative estimate of drug-likeness (QED) is 0.675. The molecule has 2 fully saturated rings. The van der Waals surface area contributed by atoms with Crippen molar-refractivity contribution in [2.24, 2.45) is 5.92 Å². The summed E-state index contributed by atoms with van der Waals surface area (Å²) in [6, 6.07) is 0. The SMILES string of the molecule is CN1CCC(OC(=O)C2CCCCC2)CC1. The molecule has 1 aliphatic carbocycles. The maximum Gasteiger partial charge on any atom is 0.309 e. The van der Waals surface area contributed by atoms with Gasteiger partial charge in [0.15, 0.2) is 0 Å². The van der Waals surface area contributed by atoms with E-state index in [1.165, 1.54) is 19.3 Å². The number of likely N-dealkylation sites (tertiary alicyclic amines) is 1. The van der Waals surface area contributed by atoms with Crippen molar-refractivity contribution in [2.45, 2.75) is 51.0 Å². The van der Waals surface area contributed by atoms with Crippen LogP contribution in [-0.4, -0.2) is 37.1 Å². The van der Waals surface area contributed by atoms with E-state index in [0.717, 1.165) is 38.8 Å². The number of carbonyl (C=O) groups is 1. The summed E-state index contributed by atoms with van der Waals surface area (Å²) in [7, 11) is 2.12. The molecule has 1 aliphatic heterocycles. The lowest BCUT2D eigenvalue weighted by Gasteiger charge is -2.30. The molecule has 0 bridgehead atoms. The molecule has 0 spiro atoms. The minimum Gasteiger partial charge on any atom is -0.462 e. The molecule has 1 saturated carbocycles. The van der Waals surface area contributed by atoms with Crippen LogP contribution in [0.4, 0.5) is 0 Å². The van der Waals surface area contributed by atoms with Crippen LogP contribution in [0.25, 0.3) is 0 Å². The molecule has 1 saturated heterocycles. The third kappa shape index (κ3) is 3.21. The Labute approximate surface area is 98.1 Å². The lowest BCUT2D eigenvalue weighted by Crippen LogP contribution is -2.36. The Morgan fingerprint density at radius 2 is 1.69 bits per heavy atom. The summed E-state index contributed by atoms with van der Waals surface area (Å²) in [5.74, 6) is 0.280. The number of nitrogens with zero attached hydrogens (tertiary/aromatic N) is 1. The predicted octanol–water partition coefficient (Wildman–Crippen LogP) is 2.20. The van der Waals surface area contributed by atoms with Gasteiger partial charge in [-0.05, 0) is 32.7 Å². The summed E-state index contributed by atoms with van der Waals surface area (Å²) in [6.45, 7) is 2.12. The van der Waals surface area contributed by atoms with Crippen LogP contribution in [0.5, 0.6) is 0 Å². The molecule has 3 heteroatoms. The number of hydrogen-bond acceptors (Lipinski definition) is 3. The number of ether oxygens (including phenoxy) is 1. The van der Waals surface area contributed by atoms with Crippen LogP contribution in [-0.2, 0) is 9.53 Å². The molecule has 0 radical (unpaired) electrons. The Kier molecular flexibility index (Phi) is 4.22. The van der Waals surface area contributed by atoms with Crippen molar-refractivity contribution >= 4 is 5.97 Å². The molecule has 0 N–H and O–H groups in total. The van der Waals surface area contributed by atoms with E-state index in [2.05, 4.69) is 11.9 Å². The van der Waals surface area contributed by atoms with Gasteiger partial charge < -0.3 is 9.64 Å². The van der Waals surface area contributed by atoms with Gasteiger partial charge >= 0.3 is 5.97 Å². The molecule has 0 atom stereocenters. The predicted molar refractivity (Wildman–Crippen MR) is 63.2 cm³/mol. The molecule has 0 aromatic carbocycles. The molecular formula is C13H23NO2. The van der Waals surface area contributed by atoms with E-state index in [0.29, 0.717) is 0 Å². The van der Waals surface area contributed by atoms with E-state index in [-0.39, 0.29) is 18.0 Å². The number of esters is 1. The van der Waals surface area contributed by atoms with E-state index in [9.17, 15) is 4.79 Å². The fourth-order valence-corrected chi connectivity index (χ4v) is 2.70. The van der Waals surface area contributed by atoms with E-state index < -0.39 is 0 Å². The molecular weight excluding hydrogens is 202 g/mol. The van der Waals surface area contributed by atoms with Gasteiger partial charge in [-0.15, -0.1) is 0 Å². The first-order valence-corrected chi connectivity index (χ1v) is 6.65. The Bertz CT molecular complexity index is 228. The number of hydrogen-bond donors (Lipinski definition) is 0. The molecule has 16 heavy (non-hydrogen) atoms. The number of piperidine rings is 1. The third-order valence-electron chi connectivity index (χ3n) is 3.89. The minimum absolute atomic E-state index is 0.0780. The third-order valence-corrected chi connectivity index (χ3v) is 3.89. The van der Waals surface area contributed by atoms with Gasteiger partial charge in [-0.1, -0.05) is 19.3 Å². The van der Waals surface area contributed by atoms with Crippen LogP contribution in [0.1, 0.15) is 44.9 Å². The maximum atomic E-state index is 11.9. The van der Waals surface area contributed by atoms with Crippen molar-refractivity contribution in [3.8, 4) is 0 Å². The van der Waals surface area contributed by atoms with Gasteiger partial charge in [0.25, 0.3) is 0 Å². The molecule has 0 aromatic rings. The molecule has 2 rings (SSSR count). The van der Waals surface area contributed by atoms with Gasteiger partial charge in [-0.3, -0.25) is 4.79 Å². The van der Waals surface area contributed by atoms with Crippen LogP contribution < -0.4 is 0 Å². The van der Waals surface area contributed by atoms with E-state index in [1.54, 1.807) is 0 Å². The second-order valence-electron chi connectivity index (χ2n) is 5.27. The van der Waals surface area contributed by atoms with Crippen LogP contribution in [0.3, 0.4) is 0 Å². The maximum absolute atomic E-state index is 11.9. The fourth-order valence-electron chi connectivity index (χ4n) is 2.70. The van der Waals surface area contributed by atoms with Crippen molar-refractivity contribution in [3.63, 3.8) is 0 Å². The van der Waals surface area contributed by atoms with Crippen LogP contribution in [0.2, 0.25) is 0 Å². The molecule has 0 aromatic heterocycles. The van der Waals surface area contributed by atoms with Crippen molar-refractivity contribution in [1.82, 2.24) is 4.90 Å². The average molecular weight is 225 g/mol. The monoisotopic (exact) mass is 225 g/mol. The first-order chi connectivity index (χ1) is 7.75. The Hall–Kier alpha value is -0.570. The Morgan fingerprint density at radius 1 is 1.06 bits per heavy atom. The largest absolute Gasteiger partial charge is 0.462 e.